The van der Waals surface area contributed by atoms with E-state index in [1.54, 1.807) is 31.4 Å². The predicted molar refractivity (Wildman–Crippen MR) is 97.0 cm³/mol. The number of hydrogen-bond donors (Lipinski definition) is 2. The summed E-state index contributed by atoms with van der Waals surface area (Å²) in [6.07, 6.45) is 1.80. The van der Waals surface area contributed by atoms with Gasteiger partial charge in [0.15, 0.2) is 0 Å². The fourth-order valence-corrected chi connectivity index (χ4v) is 3.24. The summed E-state index contributed by atoms with van der Waals surface area (Å²) in [5.74, 6) is 0.502. The number of nitrogens with zero attached hydrogens (tertiary/aromatic N) is 1. The van der Waals surface area contributed by atoms with Crippen molar-refractivity contribution in [1.29, 1.82) is 0 Å². The zero-order chi connectivity index (χ0) is 19.2. The summed E-state index contributed by atoms with van der Waals surface area (Å²) < 4.78 is 10.4. The molecule has 8 nitrogen and oxygen atoms in total. The van der Waals surface area contributed by atoms with Crippen LogP contribution in [0.1, 0.15) is 24.8 Å². The fraction of sp³-hybridized carbons (Fsp3) is 0.526. The van der Waals surface area contributed by atoms with Crippen LogP contribution in [0.25, 0.3) is 0 Å². The van der Waals surface area contributed by atoms with Crippen molar-refractivity contribution in [3.05, 3.63) is 29.8 Å². The molecule has 0 aromatic heterocycles. The number of carbonyl (C=O) groups is 3. The van der Waals surface area contributed by atoms with Crippen LogP contribution in [-0.2, 0) is 20.9 Å². The highest BCUT2D eigenvalue weighted by Gasteiger charge is 2.39. The van der Waals surface area contributed by atoms with Gasteiger partial charge in [-0.3, -0.25) is 14.5 Å². The predicted octanol–water partition coefficient (Wildman–Crippen LogP) is 1.05. The molecule has 3 rings (SSSR count). The Bertz CT molecular complexity index is 685. The molecule has 0 aliphatic carbocycles. The third-order valence-corrected chi connectivity index (χ3v) is 4.93. The number of amides is 4. The van der Waals surface area contributed by atoms with E-state index in [9.17, 15) is 14.4 Å². The minimum Gasteiger partial charge on any atom is -0.497 e. The fourth-order valence-electron chi connectivity index (χ4n) is 3.24. The molecule has 1 aromatic rings. The molecule has 0 bridgehead atoms. The van der Waals surface area contributed by atoms with Gasteiger partial charge >= 0.3 is 6.03 Å². The van der Waals surface area contributed by atoms with Crippen molar-refractivity contribution in [2.75, 3.05) is 26.9 Å². The standard InChI is InChI=1S/C19H25N3O5/c1-26-15-4-2-14(3-5-15)12-22-18(24)16(21-19(22)25)10-17(23)20-11-13-6-8-27-9-7-13/h2-5,13,16H,6-12H2,1H3,(H,20,23)(H,21,25)/t16-/m1/s1. The van der Waals surface area contributed by atoms with E-state index < -0.39 is 12.1 Å². The Morgan fingerprint density at radius 2 is 1.96 bits per heavy atom. The molecule has 2 fully saturated rings. The van der Waals surface area contributed by atoms with E-state index in [2.05, 4.69) is 10.6 Å². The lowest BCUT2D eigenvalue weighted by Gasteiger charge is -2.22. The zero-order valence-corrected chi connectivity index (χ0v) is 15.4. The van der Waals surface area contributed by atoms with E-state index in [1.807, 2.05) is 0 Å². The van der Waals surface area contributed by atoms with Gasteiger partial charge in [-0.2, -0.15) is 0 Å². The van der Waals surface area contributed by atoms with Crippen LogP contribution >= 0.6 is 0 Å². The molecule has 2 aliphatic heterocycles. The van der Waals surface area contributed by atoms with E-state index in [0.717, 1.165) is 36.5 Å². The Hall–Kier alpha value is -2.61. The molecule has 2 N–H and O–H groups in total. The van der Waals surface area contributed by atoms with Crippen LogP contribution < -0.4 is 15.4 Å². The summed E-state index contributed by atoms with van der Waals surface area (Å²) >= 11 is 0. The van der Waals surface area contributed by atoms with Crippen molar-refractivity contribution < 1.29 is 23.9 Å². The zero-order valence-electron chi connectivity index (χ0n) is 15.4. The van der Waals surface area contributed by atoms with Crippen LogP contribution in [0.2, 0.25) is 0 Å². The molecule has 0 spiro atoms. The number of ether oxygens (including phenoxy) is 2. The lowest BCUT2D eigenvalue weighted by Crippen LogP contribution is -2.38. The van der Waals surface area contributed by atoms with E-state index in [4.69, 9.17) is 9.47 Å². The van der Waals surface area contributed by atoms with Gasteiger partial charge in [0.2, 0.25) is 5.91 Å². The summed E-state index contributed by atoms with van der Waals surface area (Å²) in [5, 5.41) is 5.46. The third-order valence-electron chi connectivity index (χ3n) is 4.93. The quantitative estimate of drug-likeness (QED) is 0.695. The maximum absolute atomic E-state index is 12.5. The van der Waals surface area contributed by atoms with Crippen LogP contribution in [0.4, 0.5) is 4.79 Å². The van der Waals surface area contributed by atoms with Crippen molar-refractivity contribution in [2.45, 2.75) is 31.8 Å². The number of hydrogen-bond acceptors (Lipinski definition) is 5. The van der Waals surface area contributed by atoms with Gasteiger partial charge in [-0.15, -0.1) is 0 Å². The van der Waals surface area contributed by atoms with Crippen LogP contribution in [0.5, 0.6) is 5.75 Å². The van der Waals surface area contributed by atoms with Crippen LogP contribution in [0.3, 0.4) is 0 Å². The third kappa shape index (κ3) is 4.97. The van der Waals surface area contributed by atoms with E-state index in [1.165, 1.54) is 0 Å². The van der Waals surface area contributed by atoms with Crippen molar-refractivity contribution in [3.63, 3.8) is 0 Å². The molecule has 1 aromatic carbocycles. The van der Waals surface area contributed by atoms with Gasteiger partial charge in [-0.25, -0.2) is 4.79 Å². The monoisotopic (exact) mass is 375 g/mol. The summed E-state index contributed by atoms with van der Waals surface area (Å²) in [6, 6.07) is 5.86. The second-order valence-electron chi connectivity index (χ2n) is 6.84. The molecule has 2 aliphatic rings. The Labute approximate surface area is 158 Å². The molecule has 27 heavy (non-hydrogen) atoms. The maximum Gasteiger partial charge on any atom is 0.325 e. The first-order valence-corrected chi connectivity index (χ1v) is 9.16. The van der Waals surface area contributed by atoms with E-state index >= 15 is 0 Å². The van der Waals surface area contributed by atoms with E-state index in [-0.39, 0.29) is 24.8 Å². The molecule has 8 heteroatoms. The molecule has 0 saturated carbocycles. The van der Waals surface area contributed by atoms with Crippen molar-refractivity contribution in [2.24, 2.45) is 5.92 Å². The Morgan fingerprint density at radius 1 is 1.26 bits per heavy atom. The number of imide groups is 1. The highest BCUT2D eigenvalue weighted by atomic mass is 16.5. The molecule has 4 amide bonds. The summed E-state index contributed by atoms with van der Waals surface area (Å²) in [7, 11) is 1.57. The Balaban J connectivity index is 1.49. The first-order chi connectivity index (χ1) is 13.1. The number of benzene rings is 1. The van der Waals surface area contributed by atoms with Crippen LogP contribution in [0.15, 0.2) is 24.3 Å². The lowest BCUT2D eigenvalue weighted by molar-refractivity contribution is -0.131. The molecule has 2 saturated heterocycles. The largest absolute Gasteiger partial charge is 0.497 e. The van der Waals surface area contributed by atoms with Gasteiger partial charge in [0.25, 0.3) is 5.91 Å². The average molecular weight is 375 g/mol. The number of nitrogens with one attached hydrogen (secondary N) is 2. The van der Waals surface area contributed by atoms with Gasteiger partial charge in [-0.05, 0) is 36.5 Å². The van der Waals surface area contributed by atoms with Crippen molar-refractivity contribution >= 4 is 17.8 Å². The summed E-state index contributed by atoms with van der Waals surface area (Å²) in [6.45, 7) is 2.18. The highest BCUT2D eigenvalue weighted by molar-refractivity contribution is 6.05. The van der Waals surface area contributed by atoms with Gasteiger partial charge < -0.3 is 20.1 Å². The van der Waals surface area contributed by atoms with E-state index in [0.29, 0.717) is 18.2 Å². The Kier molecular flexibility index (Phi) is 6.28. The number of rotatable bonds is 7. The number of urea groups is 1. The minimum absolute atomic E-state index is 0.0487. The van der Waals surface area contributed by atoms with Gasteiger partial charge in [0.05, 0.1) is 20.1 Å². The van der Waals surface area contributed by atoms with Crippen molar-refractivity contribution in [3.8, 4) is 5.75 Å². The van der Waals surface area contributed by atoms with Crippen LogP contribution in [0, 0.1) is 5.92 Å². The van der Waals surface area contributed by atoms with Gasteiger partial charge in [-0.1, -0.05) is 12.1 Å². The van der Waals surface area contributed by atoms with Gasteiger partial charge in [0, 0.05) is 19.8 Å². The maximum atomic E-state index is 12.5. The lowest BCUT2D eigenvalue weighted by atomic mass is 10.0. The smallest absolute Gasteiger partial charge is 0.325 e. The molecule has 0 radical (unpaired) electrons. The molecular weight excluding hydrogens is 350 g/mol. The summed E-state index contributed by atoms with van der Waals surface area (Å²) in [4.78, 5) is 37.9. The van der Waals surface area contributed by atoms with Crippen LogP contribution in [-0.4, -0.2) is 55.7 Å². The average Bonchev–Trinajstić information content (AvgIpc) is 2.95. The number of carbonyl (C=O) groups excluding carboxylic acids is 3. The minimum atomic E-state index is -0.814. The topological polar surface area (TPSA) is 97.0 Å². The van der Waals surface area contributed by atoms with Gasteiger partial charge in [0.1, 0.15) is 11.8 Å². The molecule has 2 heterocycles. The SMILES string of the molecule is COc1ccc(CN2C(=O)N[C@H](CC(=O)NCC3CCOCC3)C2=O)cc1. The Morgan fingerprint density at radius 3 is 2.63 bits per heavy atom. The highest BCUT2D eigenvalue weighted by Crippen LogP contribution is 2.17. The molecular formula is C19H25N3O5. The summed E-state index contributed by atoms with van der Waals surface area (Å²) in [5.41, 5.74) is 0.809. The van der Waals surface area contributed by atoms with Crippen molar-refractivity contribution in [1.82, 2.24) is 15.5 Å². The second-order valence-corrected chi connectivity index (χ2v) is 6.84. The first kappa shape index (κ1) is 19.2. The number of methoxy groups -OCH3 is 1. The molecule has 0 unspecified atom stereocenters. The molecule has 1 atom stereocenters. The molecule has 146 valence electrons. The first-order valence-electron chi connectivity index (χ1n) is 9.16. The normalized spacial score (nSPS) is 20.5. The second kappa shape index (κ2) is 8.85.